The lowest BCUT2D eigenvalue weighted by atomic mass is 9.83. The zero-order chi connectivity index (χ0) is 13.6. The fourth-order valence-corrected chi connectivity index (χ4v) is 2.28. The molecule has 0 fully saturated rings. The maximum absolute atomic E-state index is 12.3. The standard InChI is InChI=1S/C14H7NO4/c16-13-8-4-1-2-5-9(8)14(17)12-10(13)6-3-7-11(12)15(18)19/h1-7H. The van der Waals surface area contributed by atoms with Crippen molar-refractivity contribution in [3.8, 4) is 0 Å². The fourth-order valence-electron chi connectivity index (χ4n) is 2.28. The van der Waals surface area contributed by atoms with E-state index in [1.807, 2.05) is 0 Å². The van der Waals surface area contributed by atoms with Gasteiger partial charge >= 0.3 is 0 Å². The van der Waals surface area contributed by atoms with E-state index in [1.165, 1.54) is 24.3 Å². The zero-order valence-corrected chi connectivity index (χ0v) is 9.62. The Balaban J connectivity index is 2.36. The van der Waals surface area contributed by atoms with Gasteiger partial charge in [0.2, 0.25) is 5.78 Å². The molecule has 19 heavy (non-hydrogen) atoms. The molecule has 0 heterocycles. The molecule has 1 aliphatic rings. The summed E-state index contributed by atoms with van der Waals surface area (Å²) in [6, 6.07) is 10.4. The second-order valence-electron chi connectivity index (χ2n) is 4.16. The van der Waals surface area contributed by atoms with Crippen LogP contribution < -0.4 is 0 Å². The summed E-state index contributed by atoms with van der Waals surface area (Å²) in [5.41, 5.74) is 0.161. The highest BCUT2D eigenvalue weighted by atomic mass is 16.6. The molecule has 0 amide bonds. The number of fused-ring (bicyclic) bond motifs is 2. The quantitative estimate of drug-likeness (QED) is 0.492. The highest BCUT2D eigenvalue weighted by Crippen LogP contribution is 2.32. The van der Waals surface area contributed by atoms with Crippen LogP contribution in [0.25, 0.3) is 0 Å². The van der Waals surface area contributed by atoms with E-state index < -0.39 is 10.7 Å². The van der Waals surface area contributed by atoms with E-state index in [2.05, 4.69) is 0 Å². The lowest BCUT2D eigenvalue weighted by Gasteiger charge is -2.16. The van der Waals surface area contributed by atoms with Crippen LogP contribution in [-0.2, 0) is 0 Å². The molecule has 0 radical (unpaired) electrons. The van der Waals surface area contributed by atoms with Crippen LogP contribution in [0.5, 0.6) is 0 Å². The topological polar surface area (TPSA) is 77.3 Å². The minimum Gasteiger partial charge on any atom is -0.289 e. The molecule has 0 spiro atoms. The van der Waals surface area contributed by atoms with Crippen LogP contribution in [0.3, 0.4) is 0 Å². The summed E-state index contributed by atoms with van der Waals surface area (Å²) in [4.78, 5) is 34.9. The van der Waals surface area contributed by atoms with Crippen molar-refractivity contribution in [2.45, 2.75) is 0 Å². The van der Waals surface area contributed by atoms with Gasteiger partial charge in [0.25, 0.3) is 5.69 Å². The molecule has 2 aromatic rings. The number of hydrogen-bond acceptors (Lipinski definition) is 4. The summed E-state index contributed by atoms with van der Waals surface area (Å²) in [6.07, 6.45) is 0. The molecule has 0 aromatic heterocycles. The third-order valence-electron chi connectivity index (χ3n) is 3.13. The van der Waals surface area contributed by atoms with Crippen molar-refractivity contribution in [3.05, 3.63) is 74.8 Å². The molecule has 3 rings (SSSR count). The maximum atomic E-state index is 12.3. The SMILES string of the molecule is O=C1c2ccccc2C(=O)c2c1cccc2[N+](=O)[O-]. The van der Waals surface area contributed by atoms with Gasteiger partial charge in [0.15, 0.2) is 5.78 Å². The molecule has 92 valence electrons. The van der Waals surface area contributed by atoms with Crippen molar-refractivity contribution in [2.75, 3.05) is 0 Å². The van der Waals surface area contributed by atoms with Crippen LogP contribution in [0.2, 0.25) is 0 Å². The fraction of sp³-hybridized carbons (Fsp3) is 0. The summed E-state index contributed by atoms with van der Waals surface area (Å²) < 4.78 is 0. The highest BCUT2D eigenvalue weighted by Gasteiger charge is 2.34. The third-order valence-corrected chi connectivity index (χ3v) is 3.13. The number of ketones is 2. The molecule has 0 saturated carbocycles. The second kappa shape index (κ2) is 3.84. The maximum Gasteiger partial charge on any atom is 0.281 e. The third kappa shape index (κ3) is 1.48. The van der Waals surface area contributed by atoms with Gasteiger partial charge in [-0.1, -0.05) is 30.3 Å². The Kier molecular flexibility index (Phi) is 2.28. The van der Waals surface area contributed by atoms with Gasteiger partial charge < -0.3 is 0 Å². The number of rotatable bonds is 1. The van der Waals surface area contributed by atoms with Crippen molar-refractivity contribution in [1.82, 2.24) is 0 Å². The lowest BCUT2D eigenvalue weighted by Crippen LogP contribution is -2.21. The Morgan fingerprint density at radius 2 is 1.37 bits per heavy atom. The number of nitro benzene ring substituents is 1. The number of nitrogens with zero attached hydrogens (tertiary/aromatic N) is 1. The summed E-state index contributed by atoms with van der Waals surface area (Å²) >= 11 is 0. The Hall–Kier alpha value is -2.82. The minimum absolute atomic E-state index is 0.0953. The number of hydrogen-bond donors (Lipinski definition) is 0. The van der Waals surface area contributed by atoms with Crippen molar-refractivity contribution in [1.29, 1.82) is 0 Å². The molecular weight excluding hydrogens is 246 g/mol. The summed E-state index contributed by atoms with van der Waals surface area (Å²) in [7, 11) is 0. The molecule has 0 aliphatic heterocycles. The monoisotopic (exact) mass is 253 g/mol. The summed E-state index contributed by atoms with van der Waals surface area (Å²) in [5.74, 6) is -0.827. The number of benzene rings is 2. The van der Waals surface area contributed by atoms with Gasteiger partial charge in [-0.3, -0.25) is 19.7 Å². The van der Waals surface area contributed by atoms with Gasteiger partial charge in [0.1, 0.15) is 5.56 Å². The van der Waals surface area contributed by atoms with Crippen LogP contribution in [0.15, 0.2) is 42.5 Å². The first-order valence-corrected chi connectivity index (χ1v) is 5.57. The van der Waals surface area contributed by atoms with E-state index in [0.717, 1.165) is 0 Å². The van der Waals surface area contributed by atoms with Crippen molar-refractivity contribution in [2.24, 2.45) is 0 Å². The number of nitro groups is 1. The van der Waals surface area contributed by atoms with E-state index in [0.29, 0.717) is 5.56 Å². The van der Waals surface area contributed by atoms with Gasteiger partial charge in [0.05, 0.1) is 4.92 Å². The van der Waals surface area contributed by atoms with Crippen LogP contribution in [0.1, 0.15) is 31.8 Å². The van der Waals surface area contributed by atoms with E-state index in [1.54, 1.807) is 18.2 Å². The van der Waals surface area contributed by atoms with Crippen molar-refractivity contribution >= 4 is 17.3 Å². The normalized spacial score (nSPS) is 12.8. The molecule has 0 N–H and O–H groups in total. The largest absolute Gasteiger partial charge is 0.289 e. The first-order chi connectivity index (χ1) is 9.11. The molecule has 0 unspecified atom stereocenters. The molecule has 2 aromatic carbocycles. The molecule has 0 saturated heterocycles. The average molecular weight is 253 g/mol. The molecule has 1 aliphatic carbocycles. The summed E-state index contributed by atoms with van der Waals surface area (Å²) in [6.45, 7) is 0. The molecule has 5 nitrogen and oxygen atoms in total. The van der Waals surface area contributed by atoms with Gasteiger partial charge in [-0.05, 0) is 6.07 Å². The van der Waals surface area contributed by atoms with Gasteiger partial charge in [-0.15, -0.1) is 0 Å². The van der Waals surface area contributed by atoms with Gasteiger partial charge in [-0.2, -0.15) is 0 Å². The number of carbonyl (C=O) groups is 2. The Bertz CT molecular complexity index is 749. The zero-order valence-electron chi connectivity index (χ0n) is 9.62. The Morgan fingerprint density at radius 1 is 0.789 bits per heavy atom. The highest BCUT2D eigenvalue weighted by molar-refractivity contribution is 6.29. The molecule has 5 heteroatoms. The van der Waals surface area contributed by atoms with Crippen molar-refractivity contribution in [3.63, 3.8) is 0 Å². The Morgan fingerprint density at radius 3 is 2.00 bits per heavy atom. The van der Waals surface area contributed by atoms with Crippen molar-refractivity contribution < 1.29 is 14.5 Å². The van der Waals surface area contributed by atoms with E-state index in [-0.39, 0.29) is 28.2 Å². The van der Waals surface area contributed by atoms with Gasteiger partial charge in [-0.25, -0.2) is 0 Å². The van der Waals surface area contributed by atoms with Crippen LogP contribution in [0, 0.1) is 10.1 Å². The van der Waals surface area contributed by atoms with Crippen LogP contribution in [0.4, 0.5) is 5.69 Å². The first kappa shape index (κ1) is 11.3. The number of carbonyl (C=O) groups excluding carboxylic acids is 2. The molecular formula is C14H7NO4. The predicted octanol–water partition coefficient (Wildman–Crippen LogP) is 2.37. The van der Waals surface area contributed by atoms with E-state index in [9.17, 15) is 19.7 Å². The van der Waals surface area contributed by atoms with E-state index >= 15 is 0 Å². The Labute approximate surface area is 107 Å². The average Bonchev–Trinajstić information content (AvgIpc) is 2.44. The smallest absolute Gasteiger partial charge is 0.281 e. The minimum atomic E-state index is -0.641. The van der Waals surface area contributed by atoms with E-state index in [4.69, 9.17) is 0 Å². The predicted molar refractivity (Wildman–Crippen MR) is 66.4 cm³/mol. The van der Waals surface area contributed by atoms with Crippen LogP contribution >= 0.6 is 0 Å². The molecule has 0 bridgehead atoms. The lowest BCUT2D eigenvalue weighted by molar-refractivity contribution is -0.385. The summed E-state index contributed by atoms with van der Waals surface area (Å²) in [5, 5.41) is 11.0. The van der Waals surface area contributed by atoms with Crippen LogP contribution in [-0.4, -0.2) is 16.5 Å². The second-order valence-corrected chi connectivity index (χ2v) is 4.16. The molecule has 0 atom stereocenters. The first-order valence-electron chi connectivity index (χ1n) is 5.57. The van der Waals surface area contributed by atoms with Gasteiger partial charge in [0, 0.05) is 22.8 Å².